The van der Waals surface area contributed by atoms with E-state index in [4.69, 9.17) is 0 Å². The van der Waals surface area contributed by atoms with Crippen molar-refractivity contribution in [3.63, 3.8) is 0 Å². The molecule has 1 aliphatic rings. The van der Waals surface area contributed by atoms with Crippen molar-refractivity contribution in [2.24, 2.45) is 10.4 Å². The van der Waals surface area contributed by atoms with Crippen molar-refractivity contribution in [1.82, 2.24) is 10.2 Å². The Morgan fingerprint density at radius 2 is 2.09 bits per heavy atom. The Morgan fingerprint density at radius 1 is 1.36 bits per heavy atom. The third-order valence-corrected chi connectivity index (χ3v) is 4.07. The molecule has 5 heteroatoms. The smallest absolute Gasteiger partial charge is 0.193 e. The van der Waals surface area contributed by atoms with Crippen molar-refractivity contribution in [3.05, 3.63) is 29.8 Å². The SMILES string of the molecule is CN=C(NCc1cccc(N(C)C)c1)N1CCC(C)(C)C1.I. The molecular weight excluding hydrogens is 387 g/mol. The van der Waals surface area contributed by atoms with Gasteiger partial charge in [-0.15, -0.1) is 24.0 Å². The minimum Gasteiger partial charge on any atom is -0.378 e. The molecule has 124 valence electrons. The predicted molar refractivity (Wildman–Crippen MR) is 106 cm³/mol. The molecule has 1 aromatic carbocycles. The number of aliphatic imine (C=N–C) groups is 1. The summed E-state index contributed by atoms with van der Waals surface area (Å²) in [6.07, 6.45) is 1.23. The number of hydrogen-bond donors (Lipinski definition) is 1. The predicted octanol–water partition coefficient (Wildman–Crippen LogP) is 3.18. The number of hydrogen-bond acceptors (Lipinski definition) is 2. The summed E-state index contributed by atoms with van der Waals surface area (Å²) in [5, 5.41) is 3.49. The summed E-state index contributed by atoms with van der Waals surface area (Å²) in [5.74, 6) is 1.01. The van der Waals surface area contributed by atoms with Gasteiger partial charge in [-0.05, 0) is 29.5 Å². The number of benzene rings is 1. The quantitative estimate of drug-likeness (QED) is 0.467. The fourth-order valence-electron chi connectivity index (χ4n) is 2.75. The van der Waals surface area contributed by atoms with Gasteiger partial charge < -0.3 is 15.1 Å². The molecule has 0 atom stereocenters. The Morgan fingerprint density at radius 3 is 2.64 bits per heavy atom. The van der Waals surface area contributed by atoms with Crippen molar-refractivity contribution in [3.8, 4) is 0 Å². The summed E-state index contributed by atoms with van der Waals surface area (Å²) in [4.78, 5) is 8.91. The summed E-state index contributed by atoms with van der Waals surface area (Å²) >= 11 is 0. The lowest BCUT2D eigenvalue weighted by Gasteiger charge is -2.24. The first kappa shape index (κ1) is 19.1. The van der Waals surface area contributed by atoms with Crippen LogP contribution in [0.3, 0.4) is 0 Å². The molecule has 1 N–H and O–H groups in total. The van der Waals surface area contributed by atoms with E-state index in [2.05, 4.69) is 72.3 Å². The molecular formula is C17H29IN4. The summed E-state index contributed by atoms with van der Waals surface area (Å²) in [7, 11) is 6.00. The number of guanidine groups is 1. The second kappa shape index (κ2) is 8.04. The van der Waals surface area contributed by atoms with E-state index in [1.165, 1.54) is 17.7 Å². The van der Waals surface area contributed by atoms with Crippen LogP contribution in [0, 0.1) is 5.41 Å². The fourth-order valence-corrected chi connectivity index (χ4v) is 2.75. The molecule has 0 spiro atoms. The standard InChI is InChI=1S/C17H28N4.HI/c1-17(2)9-10-21(13-17)16(18-3)19-12-14-7-6-8-15(11-14)20(4)5;/h6-8,11H,9-10,12-13H2,1-5H3,(H,18,19);1H. The van der Waals surface area contributed by atoms with Crippen molar-refractivity contribution in [2.75, 3.05) is 39.1 Å². The van der Waals surface area contributed by atoms with Gasteiger partial charge in [-0.2, -0.15) is 0 Å². The van der Waals surface area contributed by atoms with Gasteiger partial charge in [-0.3, -0.25) is 4.99 Å². The van der Waals surface area contributed by atoms with Crippen LogP contribution >= 0.6 is 24.0 Å². The van der Waals surface area contributed by atoms with Crippen LogP contribution in [-0.2, 0) is 6.54 Å². The van der Waals surface area contributed by atoms with Crippen LogP contribution in [0.4, 0.5) is 5.69 Å². The zero-order valence-corrected chi connectivity index (χ0v) is 16.7. The summed E-state index contributed by atoms with van der Waals surface area (Å²) < 4.78 is 0. The van der Waals surface area contributed by atoms with Crippen molar-refractivity contribution in [1.29, 1.82) is 0 Å². The van der Waals surface area contributed by atoms with Gasteiger partial charge in [0.05, 0.1) is 0 Å². The lowest BCUT2D eigenvalue weighted by molar-refractivity contribution is 0.370. The molecule has 0 aromatic heterocycles. The Bertz CT molecular complexity index is 511. The van der Waals surface area contributed by atoms with E-state index in [-0.39, 0.29) is 24.0 Å². The maximum Gasteiger partial charge on any atom is 0.193 e. The van der Waals surface area contributed by atoms with Crippen LogP contribution in [0.1, 0.15) is 25.8 Å². The Hall–Kier alpha value is -0.980. The molecule has 0 amide bonds. The number of nitrogens with zero attached hydrogens (tertiary/aromatic N) is 3. The Kier molecular flexibility index (Phi) is 6.97. The highest BCUT2D eigenvalue weighted by atomic mass is 127. The van der Waals surface area contributed by atoms with Crippen LogP contribution < -0.4 is 10.2 Å². The zero-order valence-electron chi connectivity index (χ0n) is 14.4. The van der Waals surface area contributed by atoms with E-state index in [0.717, 1.165) is 25.6 Å². The number of anilines is 1. The van der Waals surface area contributed by atoms with Gasteiger partial charge in [0.25, 0.3) is 0 Å². The number of nitrogens with one attached hydrogen (secondary N) is 1. The maximum absolute atomic E-state index is 4.43. The van der Waals surface area contributed by atoms with E-state index in [9.17, 15) is 0 Å². The maximum atomic E-state index is 4.43. The lowest BCUT2D eigenvalue weighted by atomic mass is 9.93. The van der Waals surface area contributed by atoms with E-state index < -0.39 is 0 Å². The second-order valence-corrected chi connectivity index (χ2v) is 6.80. The largest absolute Gasteiger partial charge is 0.378 e. The van der Waals surface area contributed by atoms with Crippen LogP contribution in [0.15, 0.2) is 29.3 Å². The van der Waals surface area contributed by atoms with Gasteiger partial charge in [0, 0.05) is 46.5 Å². The van der Waals surface area contributed by atoms with E-state index in [0.29, 0.717) is 5.41 Å². The van der Waals surface area contributed by atoms with E-state index in [1.807, 2.05) is 7.05 Å². The molecule has 2 rings (SSSR count). The average molecular weight is 416 g/mol. The minimum atomic E-state index is 0. The van der Waals surface area contributed by atoms with Crippen molar-refractivity contribution in [2.45, 2.75) is 26.8 Å². The van der Waals surface area contributed by atoms with Gasteiger partial charge >= 0.3 is 0 Å². The zero-order chi connectivity index (χ0) is 15.5. The van der Waals surface area contributed by atoms with E-state index >= 15 is 0 Å². The van der Waals surface area contributed by atoms with Crippen LogP contribution in [0.5, 0.6) is 0 Å². The average Bonchev–Trinajstić information content (AvgIpc) is 2.80. The molecule has 1 aromatic rings. The number of halogens is 1. The van der Waals surface area contributed by atoms with Gasteiger partial charge in [-0.1, -0.05) is 26.0 Å². The highest BCUT2D eigenvalue weighted by molar-refractivity contribution is 14.0. The second-order valence-electron chi connectivity index (χ2n) is 6.80. The molecule has 4 nitrogen and oxygen atoms in total. The molecule has 0 saturated carbocycles. The number of rotatable bonds is 3. The first-order valence-corrected chi connectivity index (χ1v) is 7.63. The monoisotopic (exact) mass is 416 g/mol. The fraction of sp³-hybridized carbons (Fsp3) is 0.588. The van der Waals surface area contributed by atoms with Crippen molar-refractivity contribution < 1.29 is 0 Å². The molecule has 1 aliphatic heterocycles. The van der Waals surface area contributed by atoms with Crippen LogP contribution in [-0.4, -0.2) is 45.1 Å². The first-order valence-electron chi connectivity index (χ1n) is 7.63. The molecule has 0 radical (unpaired) electrons. The normalized spacial score (nSPS) is 17.1. The minimum absolute atomic E-state index is 0. The van der Waals surface area contributed by atoms with Gasteiger partial charge in [0.2, 0.25) is 0 Å². The topological polar surface area (TPSA) is 30.9 Å². The highest BCUT2D eigenvalue weighted by Crippen LogP contribution is 2.28. The third kappa shape index (κ3) is 5.04. The molecule has 22 heavy (non-hydrogen) atoms. The van der Waals surface area contributed by atoms with Crippen molar-refractivity contribution >= 4 is 35.6 Å². The van der Waals surface area contributed by atoms with E-state index in [1.54, 1.807) is 0 Å². The third-order valence-electron chi connectivity index (χ3n) is 4.07. The van der Waals surface area contributed by atoms with Gasteiger partial charge in [0.15, 0.2) is 5.96 Å². The number of likely N-dealkylation sites (tertiary alicyclic amines) is 1. The molecule has 1 saturated heterocycles. The van der Waals surface area contributed by atoms with Crippen LogP contribution in [0.2, 0.25) is 0 Å². The van der Waals surface area contributed by atoms with Gasteiger partial charge in [-0.25, -0.2) is 0 Å². The Labute approximate surface area is 152 Å². The molecule has 1 heterocycles. The molecule has 0 unspecified atom stereocenters. The Balaban J connectivity index is 0.00000242. The summed E-state index contributed by atoms with van der Waals surface area (Å²) in [5.41, 5.74) is 2.90. The summed E-state index contributed by atoms with van der Waals surface area (Å²) in [6.45, 7) is 7.61. The summed E-state index contributed by atoms with van der Waals surface area (Å²) in [6, 6.07) is 8.60. The molecule has 0 bridgehead atoms. The van der Waals surface area contributed by atoms with Gasteiger partial charge in [0.1, 0.15) is 0 Å². The first-order chi connectivity index (χ1) is 9.91. The molecule has 0 aliphatic carbocycles. The highest BCUT2D eigenvalue weighted by Gasteiger charge is 2.30. The van der Waals surface area contributed by atoms with Crippen LogP contribution in [0.25, 0.3) is 0 Å². The molecule has 1 fully saturated rings. The lowest BCUT2D eigenvalue weighted by Crippen LogP contribution is -2.40.